The van der Waals surface area contributed by atoms with Crippen molar-refractivity contribution in [3.8, 4) is 16.9 Å². The van der Waals surface area contributed by atoms with Gasteiger partial charge in [-0.25, -0.2) is 4.98 Å². The van der Waals surface area contributed by atoms with Gasteiger partial charge in [0.2, 0.25) is 0 Å². The number of fused-ring (bicyclic) bond motifs is 2. The van der Waals surface area contributed by atoms with Crippen molar-refractivity contribution in [2.45, 2.75) is 47.0 Å². The lowest BCUT2D eigenvalue weighted by molar-refractivity contribution is 0.133. The summed E-state index contributed by atoms with van der Waals surface area (Å²) in [7, 11) is 1.64. The average Bonchev–Trinajstić information content (AvgIpc) is 3.42. The second-order valence-corrected chi connectivity index (χ2v) is 9.21. The van der Waals surface area contributed by atoms with Gasteiger partial charge in [0.15, 0.2) is 5.65 Å². The molecule has 7 heteroatoms. The number of ether oxygens (including phenoxy) is 2. The molecule has 4 aromatic rings. The maximum absolute atomic E-state index is 6.68. The molecule has 176 valence electrons. The molecule has 0 amide bonds. The third kappa shape index (κ3) is 4.01. The Morgan fingerprint density at radius 2 is 1.91 bits per heavy atom. The minimum atomic E-state index is 0.503. The van der Waals surface area contributed by atoms with Crippen molar-refractivity contribution < 1.29 is 9.47 Å². The Morgan fingerprint density at radius 1 is 1.12 bits per heavy atom. The Morgan fingerprint density at radius 3 is 2.62 bits per heavy atom. The second kappa shape index (κ2) is 9.28. The molecule has 2 aromatic carbocycles. The van der Waals surface area contributed by atoms with E-state index in [1.54, 1.807) is 7.11 Å². The first kappa shape index (κ1) is 22.7. The van der Waals surface area contributed by atoms with Crippen LogP contribution in [-0.2, 0) is 24.5 Å². The highest BCUT2D eigenvalue weighted by Crippen LogP contribution is 2.39. The van der Waals surface area contributed by atoms with E-state index in [4.69, 9.17) is 31.2 Å². The first-order chi connectivity index (χ1) is 16.5. The van der Waals surface area contributed by atoms with Gasteiger partial charge >= 0.3 is 0 Å². The van der Waals surface area contributed by atoms with E-state index in [1.807, 2.05) is 29.6 Å². The number of halogens is 1. The minimum Gasteiger partial charge on any atom is -0.497 e. The summed E-state index contributed by atoms with van der Waals surface area (Å²) in [5.74, 6) is 1.77. The number of aromatic nitrogens is 3. The van der Waals surface area contributed by atoms with Gasteiger partial charge < -0.3 is 14.4 Å². The molecule has 1 aliphatic rings. The van der Waals surface area contributed by atoms with E-state index in [2.05, 4.69) is 43.0 Å². The quantitative estimate of drug-likeness (QED) is 0.321. The van der Waals surface area contributed by atoms with Crippen LogP contribution in [-0.4, -0.2) is 28.3 Å². The Balaban J connectivity index is 1.70. The molecule has 0 aliphatic carbocycles. The summed E-state index contributed by atoms with van der Waals surface area (Å²) in [6, 6.07) is 14.5. The zero-order valence-electron chi connectivity index (χ0n) is 20.1. The molecule has 0 saturated carbocycles. The van der Waals surface area contributed by atoms with Crippen LogP contribution < -0.4 is 9.64 Å². The van der Waals surface area contributed by atoms with Gasteiger partial charge in [-0.2, -0.15) is 9.61 Å². The Hall–Kier alpha value is -3.09. The third-order valence-electron chi connectivity index (χ3n) is 6.31. The van der Waals surface area contributed by atoms with E-state index >= 15 is 0 Å². The van der Waals surface area contributed by atoms with Crippen molar-refractivity contribution in [3.63, 3.8) is 0 Å². The first-order valence-corrected chi connectivity index (χ1v) is 12.0. The van der Waals surface area contributed by atoms with E-state index in [0.29, 0.717) is 18.2 Å². The summed E-state index contributed by atoms with van der Waals surface area (Å²) >= 11 is 6.68. The van der Waals surface area contributed by atoms with E-state index in [1.165, 1.54) is 11.1 Å². The monoisotopic (exact) mass is 476 g/mol. The summed E-state index contributed by atoms with van der Waals surface area (Å²) in [5.41, 5.74) is 8.13. The molecule has 0 N–H and O–H groups in total. The van der Waals surface area contributed by atoms with Gasteiger partial charge in [0.25, 0.3) is 0 Å². The molecule has 1 aliphatic heterocycles. The molecular formula is C27H29ClN4O2. The van der Waals surface area contributed by atoms with Crippen LogP contribution in [0.1, 0.15) is 41.4 Å². The third-order valence-corrected chi connectivity index (χ3v) is 6.63. The van der Waals surface area contributed by atoms with Gasteiger partial charge in [0.1, 0.15) is 11.6 Å². The van der Waals surface area contributed by atoms with Crippen LogP contribution >= 0.6 is 11.6 Å². The molecule has 0 spiro atoms. The molecule has 0 bridgehead atoms. The Labute approximate surface area is 205 Å². The number of hydrogen-bond acceptors (Lipinski definition) is 5. The second-order valence-electron chi connectivity index (χ2n) is 8.80. The number of rotatable bonds is 7. The van der Waals surface area contributed by atoms with E-state index < -0.39 is 0 Å². The molecule has 0 saturated heterocycles. The fourth-order valence-electron chi connectivity index (χ4n) is 4.64. The molecule has 0 radical (unpaired) electrons. The summed E-state index contributed by atoms with van der Waals surface area (Å²) in [5, 5.41) is 5.59. The van der Waals surface area contributed by atoms with Crippen molar-refractivity contribution in [1.29, 1.82) is 0 Å². The van der Waals surface area contributed by atoms with Gasteiger partial charge in [0.05, 0.1) is 42.3 Å². The lowest BCUT2D eigenvalue weighted by Gasteiger charge is -2.27. The molecular weight excluding hydrogens is 448 g/mol. The summed E-state index contributed by atoms with van der Waals surface area (Å²) < 4.78 is 13.2. The summed E-state index contributed by atoms with van der Waals surface area (Å²) in [4.78, 5) is 7.42. The Kier molecular flexibility index (Phi) is 6.19. The fourth-order valence-corrected chi connectivity index (χ4v) is 4.91. The minimum absolute atomic E-state index is 0.503. The molecule has 3 heterocycles. The van der Waals surface area contributed by atoms with Crippen molar-refractivity contribution in [2.24, 2.45) is 0 Å². The summed E-state index contributed by atoms with van der Waals surface area (Å²) in [6.07, 6.45) is 1.02. The maximum Gasteiger partial charge on any atom is 0.165 e. The molecule has 0 unspecified atom stereocenters. The van der Waals surface area contributed by atoms with Crippen molar-refractivity contribution in [1.82, 2.24) is 14.6 Å². The van der Waals surface area contributed by atoms with Gasteiger partial charge in [-0.05, 0) is 44.0 Å². The average molecular weight is 477 g/mol. The largest absolute Gasteiger partial charge is 0.497 e. The normalized spacial score (nSPS) is 12.9. The number of methoxy groups -OCH3 is 1. The number of hydrogen-bond donors (Lipinski definition) is 0. The zero-order chi connectivity index (χ0) is 23.8. The number of aryl methyl sites for hydroxylation is 2. The van der Waals surface area contributed by atoms with Crippen LogP contribution in [0.3, 0.4) is 0 Å². The lowest BCUT2D eigenvalue weighted by Crippen LogP contribution is -2.27. The van der Waals surface area contributed by atoms with E-state index in [9.17, 15) is 0 Å². The maximum atomic E-state index is 6.68. The molecule has 5 rings (SSSR count). The predicted molar refractivity (Wildman–Crippen MR) is 136 cm³/mol. The van der Waals surface area contributed by atoms with Crippen molar-refractivity contribution in [3.05, 3.63) is 75.6 Å². The van der Waals surface area contributed by atoms with E-state index in [0.717, 1.165) is 64.8 Å². The van der Waals surface area contributed by atoms with Crippen LogP contribution in [0.5, 0.6) is 5.75 Å². The van der Waals surface area contributed by atoms with E-state index in [-0.39, 0.29) is 0 Å². The highest BCUT2D eigenvalue weighted by atomic mass is 35.5. The fraction of sp³-hybridized carbons (Fsp3) is 0.333. The van der Waals surface area contributed by atoms with Gasteiger partial charge in [-0.3, -0.25) is 0 Å². The van der Waals surface area contributed by atoms with Gasteiger partial charge in [-0.15, -0.1) is 0 Å². The predicted octanol–water partition coefficient (Wildman–Crippen LogP) is 6.12. The molecule has 6 nitrogen and oxygen atoms in total. The number of nitrogens with zero attached hydrogens (tertiary/aromatic N) is 4. The first-order valence-electron chi connectivity index (χ1n) is 11.6. The molecule has 0 atom stereocenters. The molecule has 2 aromatic heterocycles. The SMILES string of the molecule is CCCN(Cc1ccc(C)cc1)c1c2c(nc3c(-c4ccc(OC)cc4Cl)c(C)nn13)COC2. The van der Waals surface area contributed by atoms with Crippen LogP contribution in [0.25, 0.3) is 16.8 Å². The van der Waals surface area contributed by atoms with Gasteiger partial charge in [-0.1, -0.05) is 48.4 Å². The standard InChI is InChI=1S/C27H29ClN4O2/c1-5-12-31(14-19-8-6-17(2)7-9-19)27-22-15-34-16-24(22)29-26-25(18(3)30-32(26)27)21-11-10-20(33-4)13-23(21)28/h6-11,13H,5,12,14-16H2,1-4H3. The lowest BCUT2D eigenvalue weighted by atomic mass is 10.1. The van der Waals surface area contributed by atoms with Crippen LogP contribution in [0, 0.1) is 13.8 Å². The molecule has 0 fully saturated rings. The van der Waals surface area contributed by atoms with Crippen LogP contribution in [0.2, 0.25) is 5.02 Å². The summed E-state index contributed by atoms with van der Waals surface area (Å²) in [6.45, 7) is 9.06. The number of anilines is 1. The highest BCUT2D eigenvalue weighted by Gasteiger charge is 2.28. The van der Waals surface area contributed by atoms with Crippen LogP contribution in [0.15, 0.2) is 42.5 Å². The highest BCUT2D eigenvalue weighted by molar-refractivity contribution is 6.33. The zero-order valence-corrected chi connectivity index (χ0v) is 20.8. The van der Waals surface area contributed by atoms with Crippen molar-refractivity contribution in [2.75, 3.05) is 18.6 Å². The van der Waals surface area contributed by atoms with Gasteiger partial charge in [0, 0.05) is 24.2 Å². The van der Waals surface area contributed by atoms with Crippen molar-refractivity contribution >= 4 is 23.1 Å². The number of benzene rings is 2. The van der Waals surface area contributed by atoms with Crippen LogP contribution in [0.4, 0.5) is 5.82 Å². The smallest absolute Gasteiger partial charge is 0.165 e. The topological polar surface area (TPSA) is 51.9 Å². The molecule has 34 heavy (non-hydrogen) atoms. The Bertz CT molecular complexity index is 1350.